The predicted molar refractivity (Wildman–Crippen MR) is 101 cm³/mol. The molecule has 9 heteroatoms. The van der Waals surface area contributed by atoms with Gasteiger partial charge in [-0.25, -0.2) is 17.5 Å². The maximum atomic E-state index is 12.3. The molecule has 0 aliphatic heterocycles. The zero-order valence-electron chi connectivity index (χ0n) is 12.9. The van der Waals surface area contributed by atoms with Crippen LogP contribution in [0.15, 0.2) is 41.3 Å². The second-order valence-electron chi connectivity index (χ2n) is 5.16. The summed E-state index contributed by atoms with van der Waals surface area (Å²) in [6.07, 6.45) is 0. The molecule has 24 heavy (non-hydrogen) atoms. The Kier molecular flexibility index (Phi) is 5.35. The van der Waals surface area contributed by atoms with Gasteiger partial charge in [0.15, 0.2) is 0 Å². The fraction of sp³-hybridized carbons (Fsp3) is 0.133. The van der Waals surface area contributed by atoms with Crippen molar-refractivity contribution in [2.75, 3.05) is 25.1 Å². The number of nitrogens with two attached hydrogens (primary N) is 1. The summed E-state index contributed by atoms with van der Waals surface area (Å²) in [6, 6.07) is 9.04. The van der Waals surface area contributed by atoms with Gasteiger partial charge < -0.3 is 16.2 Å². The van der Waals surface area contributed by atoms with Crippen LogP contribution < -0.4 is 11.1 Å². The van der Waals surface area contributed by atoms with Crippen LogP contribution in [0.25, 0.3) is 0 Å². The van der Waals surface area contributed by atoms with Crippen LogP contribution in [0.2, 0.25) is 0 Å². The van der Waals surface area contributed by atoms with Gasteiger partial charge in [0.2, 0.25) is 10.0 Å². The van der Waals surface area contributed by atoms with E-state index in [2.05, 4.69) is 27.9 Å². The predicted octanol–water partition coefficient (Wildman–Crippen LogP) is 2.57. The Morgan fingerprint density at radius 1 is 1.17 bits per heavy atom. The molecule has 2 aromatic rings. The van der Waals surface area contributed by atoms with Crippen LogP contribution in [0.3, 0.4) is 0 Å². The van der Waals surface area contributed by atoms with E-state index in [-0.39, 0.29) is 16.1 Å². The SMILES string of the molecule is CN(C)S(=O)(=O)c1ccc(C(=O)O)c(Nc2ccc(I)cc2N)c1. The van der Waals surface area contributed by atoms with Crippen LogP contribution in [-0.2, 0) is 10.0 Å². The number of anilines is 3. The molecule has 4 N–H and O–H groups in total. The Balaban J connectivity index is 2.56. The summed E-state index contributed by atoms with van der Waals surface area (Å²) in [4.78, 5) is 11.4. The summed E-state index contributed by atoms with van der Waals surface area (Å²) < 4.78 is 26.5. The van der Waals surface area contributed by atoms with Crippen LogP contribution in [-0.4, -0.2) is 37.9 Å². The monoisotopic (exact) mass is 461 g/mol. The number of nitrogen functional groups attached to an aromatic ring is 1. The van der Waals surface area contributed by atoms with Crippen molar-refractivity contribution >= 4 is 55.6 Å². The lowest BCUT2D eigenvalue weighted by Gasteiger charge is -2.16. The van der Waals surface area contributed by atoms with Gasteiger partial charge in [0.1, 0.15) is 0 Å². The molecule has 0 aliphatic rings. The lowest BCUT2D eigenvalue weighted by atomic mass is 10.1. The highest BCUT2D eigenvalue weighted by Gasteiger charge is 2.21. The van der Waals surface area contributed by atoms with Crippen LogP contribution in [0, 0.1) is 3.57 Å². The Bertz CT molecular complexity index is 898. The number of benzene rings is 2. The Hall–Kier alpha value is -1.85. The van der Waals surface area contributed by atoms with Crippen LogP contribution >= 0.6 is 22.6 Å². The molecule has 0 radical (unpaired) electrons. The number of nitrogens with one attached hydrogen (secondary N) is 1. The molecule has 0 saturated carbocycles. The van der Waals surface area contributed by atoms with Crippen LogP contribution in [0.5, 0.6) is 0 Å². The van der Waals surface area contributed by atoms with Gasteiger partial charge in [0.25, 0.3) is 0 Å². The summed E-state index contributed by atoms with van der Waals surface area (Å²) in [6.45, 7) is 0. The minimum Gasteiger partial charge on any atom is -0.478 e. The van der Waals surface area contributed by atoms with Crippen molar-refractivity contribution in [3.8, 4) is 0 Å². The minimum absolute atomic E-state index is 0.0101. The van der Waals surface area contributed by atoms with E-state index in [1.165, 1.54) is 32.3 Å². The molecule has 2 aromatic carbocycles. The van der Waals surface area contributed by atoms with E-state index in [9.17, 15) is 18.3 Å². The molecular formula is C15H16IN3O4S. The van der Waals surface area contributed by atoms with Gasteiger partial charge in [-0.2, -0.15) is 0 Å². The summed E-state index contributed by atoms with van der Waals surface area (Å²) >= 11 is 2.11. The molecule has 0 aromatic heterocycles. The molecule has 0 spiro atoms. The lowest BCUT2D eigenvalue weighted by Crippen LogP contribution is -2.22. The van der Waals surface area contributed by atoms with Crippen molar-refractivity contribution in [2.24, 2.45) is 0 Å². The van der Waals surface area contributed by atoms with Crippen molar-refractivity contribution < 1.29 is 18.3 Å². The molecule has 0 fully saturated rings. The van der Waals surface area contributed by atoms with E-state index >= 15 is 0 Å². The topological polar surface area (TPSA) is 113 Å². The third kappa shape index (κ3) is 3.79. The highest BCUT2D eigenvalue weighted by Crippen LogP contribution is 2.29. The third-order valence-electron chi connectivity index (χ3n) is 3.28. The summed E-state index contributed by atoms with van der Waals surface area (Å²) in [5.41, 5.74) is 6.95. The first-order valence-electron chi connectivity index (χ1n) is 6.75. The van der Waals surface area contributed by atoms with Gasteiger partial charge in [-0.3, -0.25) is 0 Å². The minimum atomic E-state index is -3.68. The molecular weight excluding hydrogens is 445 g/mol. The number of rotatable bonds is 5. The third-order valence-corrected chi connectivity index (χ3v) is 5.77. The maximum Gasteiger partial charge on any atom is 0.337 e. The van der Waals surface area contributed by atoms with Crippen LogP contribution in [0.1, 0.15) is 10.4 Å². The molecule has 0 atom stereocenters. The Labute approximate surface area is 153 Å². The van der Waals surface area contributed by atoms with E-state index in [0.717, 1.165) is 7.88 Å². The lowest BCUT2D eigenvalue weighted by molar-refractivity contribution is 0.0698. The van der Waals surface area contributed by atoms with Crippen molar-refractivity contribution in [1.29, 1.82) is 0 Å². The number of sulfonamides is 1. The Morgan fingerprint density at radius 2 is 1.83 bits per heavy atom. The quantitative estimate of drug-likeness (QED) is 0.466. The zero-order chi connectivity index (χ0) is 18.1. The largest absolute Gasteiger partial charge is 0.478 e. The molecule has 0 unspecified atom stereocenters. The number of nitrogens with zero attached hydrogens (tertiary/aromatic N) is 1. The van der Waals surface area contributed by atoms with Gasteiger partial charge in [0.05, 0.1) is 27.5 Å². The highest BCUT2D eigenvalue weighted by molar-refractivity contribution is 14.1. The molecule has 0 heterocycles. The van der Waals surface area contributed by atoms with E-state index in [1.807, 2.05) is 0 Å². The number of carboxylic acids is 1. The van der Waals surface area contributed by atoms with Crippen molar-refractivity contribution in [1.82, 2.24) is 4.31 Å². The standard InChI is InChI=1S/C15H16IN3O4S/c1-19(2)24(22,23)10-4-5-11(15(20)21)14(8-10)18-13-6-3-9(16)7-12(13)17/h3-8,18H,17H2,1-2H3,(H,20,21). The number of hydrogen-bond acceptors (Lipinski definition) is 5. The molecule has 0 amide bonds. The van der Waals surface area contributed by atoms with E-state index in [0.29, 0.717) is 11.4 Å². The molecule has 2 rings (SSSR count). The molecule has 7 nitrogen and oxygen atoms in total. The van der Waals surface area contributed by atoms with Gasteiger partial charge in [-0.15, -0.1) is 0 Å². The number of halogens is 1. The maximum absolute atomic E-state index is 12.3. The van der Waals surface area contributed by atoms with Gasteiger partial charge in [0, 0.05) is 17.7 Å². The smallest absolute Gasteiger partial charge is 0.337 e. The first kappa shape index (κ1) is 18.5. The molecule has 0 bridgehead atoms. The first-order valence-corrected chi connectivity index (χ1v) is 9.26. The number of carbonyl (C=O) groups is 1. The average molecular weight is 461 g/mol. The van der Waals surface area contributed by atoms with Crippen molar-refractivity contribution in [3.63, 3.8) is 0 Å². The highest BCUT2D eigenvalue weighted by atomic mass is 127. The van der Waals surface area contributed by atoms with Crippen LogP contribution in [0.4, 0.5) is 17.1 Å². The summed E-state index contributed by atoms with van der Waals surface area (Å²) in [5.74, 6) is -1.17. The van der Waals surface area contributed by atoms with Gasteiger partial charge in [-0.05, 0) is 59.0 Å². The molecule has 0 saturated heterocycles. The van der Waals surface area contributed by atoms with Crippen molar-refractivity contribution in [2.45, 2.75) is 4.90 Å². The van der Waals surface area contributed by atoms with Crippen molar-refractivity contribution in [3.05, 3.63) is 45.5 Å². The zero-order valence-corrected chi connectivity index (χ0v) is 15.9. The second kappa shape index (κ2) is 6.95. The number of aromatic carboxylic acids is 1. The van der Waals surface area contributed by atoms with E-state index < -0.39 is 16.0 Å². The number of hydrogen-bond donors (Lipinski definition) is 3. The Morgan fingerprint density at radius 3 is 2.38 bits per heavy atom. The summed E-state index contributed by atoms with van der Waals surface area (Å²) in [5, 5.41) is 12.2. The normalized spacial score (nSPS) is 11.5. The van der Waals surface area contributed by atoms with E-state index in [4.69, 9.17) is 5.73 Å². The first-order chi connectivity index (χ1) is 11.1. The van der Waals surface area contributed by atoms with Gasteiger partial charge in [-0.1, -0.05) is 0 Å². The number of carboxylic acid groups (broad SMARTS) is 1. The second-order valence-corrected chi connectivity index (χ2v) is 8.55. The molecule has 0 aliphatic carbocycles. The fourth-order valence-corrected chi connectivity index (χ4v) is 3.42. The average Bonchev–Trinajstić information content (AvgIpc) is 2.49. The van der Waals surface area contributed by atoms with E-state index in [1.54, 1.807) is 18.2 Å². The molecule has 128 valence electrons. The van der Waals surface area contributed by atoms with Gasteiger partial charge >= 0.3 is 5.97 Å². The summed E-state index contributed by atoms with van der Waals surface area (Å²) in [7, 11) is -0.868. The fourth-order valence-electron chi connectivity index (χ4n) is 1.98.